The lowest BCUT2D eigenvalue weighted by Crippen LogP contribution is -2.21. The highest BCUT2D eigenvalue weighted by Crippen LogP contribution is 2.32. The van der Waals surface area contributed by atoms with Gasteiger partial charge in [0, 0.05) is 23.2 Å². The fraction of sp³-hybridized carbons (Fsp3) is 0.294. The standard InChI is InChI=1S/C17H20ClNO/c1-12(2)19-11-13-5-4-6-14(9-13)16-10-15(18)7-8-17(16)20-3/h4-10,12,19H,11H2,1-3H3. The summed E-state index contributed by atoms with van der Waals surface area (Å²) < 4.78 is 5.42. The van der Waals surface area contributed by atoms with Crippen LogP contribution in [0.3, 0.4) is 0 Å². The summed E-state index contributed by atoms with van der Waals surface area (Å²) >= 11 is 6.10. The maximum Gasteiger partial charge on any atom is 0.126 e. The van der Waals surface area contributed by atoms with Crippen LogP contribution < -0.4 is 10.1 Å². The Hall–Kier alpha value is -1.51. The third kappa shape index (κ3) is 3.75. The Balaban J connectivity index is 2.33. The zero-order valence-electron chi connectivity index (χ0n) is 12.1. The number of nitrogens with one attached hydrogen (secondary N) is 1. The Bertz CT molecular complexity index is 581. The summed E-state index contributed by atoms with van der Waals surface area (Å²) in [6.45, 7) is 5.14. The van der Waals surface area contributed by atoms with E-state index in [1.165, 1.54) is 5.56 Å². The first-order valence-electron chi connectivity index (χ1n) is 6.76. The van der Waals surface area contributed by atoms with Crippen molar-refractivity contribution in [2.24, 2.45) is 0 Å². The van der Waals surface area contributed by atoms with E-state index in [1.54, 1.807) is 7.11 Å². The molecule has 0 amide bonds. The monoisotopic (exact) mass is 289 g/mol. The smallest absolute Gasteiger partial charge is 0.126 e. The molecule has 0 aliphatic rings. The Morgan fingerprint density at radius 3 is 2.65 bits per heavy atom. The second kappa shape index (κ2) is 6.78. The third-order valence-electron chi connectivity index (χ3n) is 3.11. The molecule has 1 N–H and O–H groups in total. The Kier molecular flexibility index (Phi) is 5.05. The molecule has 0 aliphatic carbocycles. The highest BCUT2D eigenvalue weighted by molar-refractivity contribution is 6.31. The summed E-state index contributed by atoms with van der Waals surface area (Å²) in [4.78, 5) is 0. The molecule has 3 heteroatoms. The minimum absolute atomic E-state index is 0.472. The normalized spacial score (nSPS) is 10.8. The molecule has 0 unspecified atom stereocenters. The van der Waals surface area contributed by atoms with Crippen molar-refractivity contribution in [2.45, 2.75) is 26.4 Å². The van der Waals surface area contributed by atoms with Crippen molar-refractivity contribution in [3.05, 3.63) is 53.1 Å². The topological polar surface area (TPSA) is 21.3 Å². The van der Waals surface area contributed by atoms with E-state index in [0.29, 0.717) is 11.1 Å². The minimum Gasteiger partial charge on any atom is -0.496 e. The van der Waals surface area contributed by atoms with Crippen molar-refractivity contribution in [3.8, 4) is 16.9 Å². The first kappa shape index (κ1) is 14.9. The maximum atomic E-state index is 6.10. The number of hydrogen-bond acceptors (Lipinski definition) is 2. The average Bonchev–Trinajstić information content (AvgIpc) is 2.45. The summed E-state index contributed by atoms with van der Waals surface area (Å²) in [5, 5.41) is 4.14. The molecule has 2 aromatic rings. The van der Waals surface area contributed by atoms with Crippen LogP contribution in [0.1, 0.15) is 19.4 Å². The van der Waals surface area contributed by atoms with Gasteiger partial charge in [0.15, 0.2) is 0 Å². The molecule has 0 aromatic heterocycles. The van der Waals surface area contributed by atoms with Crippen LogP contribution in [0.25, 0.3) is 11.1 Å². The molecule has 0 bridgehead atoms. The summed E-state index contributed by atoms with van der Waals surface area (Å²) in [5.41, 5.74) is 3.39. The highest BCUT2D eigenvalue weighted by atomic mass is 35.5. The van der Waals surface area contributed by atoms with Crippen molar-refractivity contribution in [2.75, 3.05) is 7.11 Å². The molecule has 0 spiro atoms. The molecule has 2 aromatic carbocycles. The van der Waals surface area contributed by atoms with Crippen LogP contribution in [0.5, 0.6) is 5.75 Å². The molecule has 0 atom stereocenters. The van der Waals surface area contributed by atoms with Gasteiger partial charge in [0.05, 0.1) is 7.11 Å². The van der Waals surface area contributed by atoms with E-state index >= 15 is 0 Å². The Labute approximate surface area is 125 Å². The van der Waals surface area contributed by atoms with E-state index in [9.17, 15) is 0 Å². The number of methoxy groups -OCH3 is 1. The van der Waals surface area contributed by atoms with Crippen LogP contribution >= 0.6 is 11.6 Å². The molecule has 0 aliphatic heterocycles. The molecule has 2 rings (SSSR count). The van der Waals surface area contributed by atoms with E-state index in [4.69, 9.17) is 16.3 Å². The number of rotatable bonds is 5. The van der Waals surface area contributed by atoms with Gasteiger partial charge in [-0.2, -0.15) is 0 Å². The number of benzene rings is 2. The fourth-order valence-corrected chi connectivity index (χ4v) is 2.25. The predicted octanol–water partition coefficient (Wildman–Crippen LogP) is 4.51. The summed E-state index contributed by atoms with van der Waals surface area (Å²) in [5.74, 6) is 0.836. The van der Waals surface area contributed by atoms with Crippen LogP contribution in [-0.2, 0) is 6.54 Å². The number of halogens is 1. The predicted molar refractivity (Wildman–Crippen MR) is 85.4 cm³/mol. The lowest BCUT2D eigenvalue weighted by molar-refractivity contribution is 0.416. The maximum absolute atomic E-state index is 6.10. The summed E-state index contributed by atoms with van der Waals surface area (Å²) in [6.07, 6.45) is 0. The van der Waals surface area contributed by atoms with Crippen molar-refractivity contribution >= 4 is 11.6 Å². The van der Waals surface area contributed by atoms with Gasteiger partial charge in [-0.1, -0.05) is 43.6 Å². The second-order valence-electron chi connectivity index (χ2n) is 5.08. The van der Waals surface area contributed by atoms with E-state index in [2.05, 4.69) is 43.4 Å². The molecule has 20 heavy (non-hydrogen) atoms. The zero-order chi connectivity index (χ0) is 14.5. The Morgan fingerprint density at radius 2 is 1.95 bits per heavy atom. The Morgan fingerprint density at radius 1 is 1.15 bits per heavy atom. The molecule has 0 fully saturated rings. The molecule has 0 heterocycles. The van der Waals surface area contributed by atoms with Gasteiger partial charge in [-0.25, -0.2) is 0 Å². The lowest BCUT2D eigenvalue weighted by atomic mass is 10.0. The average molecular weight is 290 g/mol. The second-order valence-corrected chi connectivity index (χ2v) is 5.52. The SMILES string of the molecule is COc1ccc(Cl)cc1-c1cccc(CNC(C)C)c1. The molecule has 0 saturated heterocycles. The third-order valence-corrected chi connectivity index (χ3v) is 3.35. The van der Waals surface area contributed by atoms with Crippen LogP contribution in [0.15, 0.2) is 42.5 Å². The molecule has 106 valence electrons. The van der Waals surface area contributed by atoms with Gasteiger partial charge in [-0.05, 0) is 35.4 Å². The van der Waals surface area contributed by atoms with Crippen LogP contribution in [0, 0.1) is 0 Å². The van der Waals surface area contributed by atoms with Crippen LogP contribution in [0.2, 0.25) is 5.02 Å². The van der Waals surface area contributed by atoms with E-state index in [1.807, 2.05) is 18.2 Å². The first-order valence-corrected chi connectivity index (χ1v) is 7.14. The largest absolute Gasteiger partial charge is 0.496 e. The molecule has 2 nitrogen and oxygen atoms in total. The number of hydrogen-bond donors (Lipinski definition) is 1. The van der Waals surface area contributed by atoms with Crippen molar-refractivity contribution in [3.63, 3.8) is 0 Å². The number of ether oxygens (including phenoxy) is 1. The van der Waals surface area contributed by atoms with Gasteiger partial charge in [0.25, 0.3) is 0 Å². The van der Waals surface area contributed by atoms with Gasteiger partial charge in [-0.3, -0.25) is 0 Å². The zero-order valence-corrected chi connectivity index (χ0v) is 12.9. The van der Waals surface area contributed by atoms with E-state index in [0.717, 1.165) is 23.4 Å². The minimum atomic E-state index is 0.472. The van der Waals surface area contributed by atoms with Crippen LogP contribution in [-0.4, -0.2) is 13.2 Å². The summed E-state index contributed by atoms with van der Waals surface area (Å²) in [7, 11) is 1.68. The fourth-order valence-electron chi connectivity index (χ4n) is 2.08. The molecular formula is C17H20ClNO. The van der Waals surface area contributed by atoms with Gasteiger partial charge < -0.3 is 10.1 Å². The quantitative estimate of drug-likeness (QED) is 0.874. The van der Waals surface area contributed by atoms with E-state index < -0.39 is 0 Å². The van der Waals surface area contributed by atoms with Gasteiger partial charge in [0.1, 0.15) is 5.75 Å². The van der Waals surface area contributed by atoms with Crippen LogP contribution in [0.4, 0.5) is 0 Å². The van der Waals surface area contributed by atoms with Gasteiger partial charge >= 0.3 is 0 Å². The highest BCUT2D eigenvalue weighted by Gasteiger charge is 2.07. The first-order chi connectivity index (χ1) is 9.60. The van der Waals surface area contributed by atoms with Crippen molar-refractivity contribution < 1.29 is 4.74 Å². The summed E-state index contributed by atoms with van der Waals surface area (Å²) in [6, 6.07) is 14.6. The molecule has 0 saturated carbocycles. The van der Waals surface area contributed by atoms with E-state index in [-0.39, 0.29) is 0 Å². The molecule has 0 radical (unpaired) electrons. The van der Waals surface area contributed by atoms with Gasteiger partial charge in [0.2, 0.25) is 0 Å². The molecular weight excluding hydrogens is 270 g/mol. The van der Waals surface area contributed by atoms with Gasteiger partial charge in [-0.15, -0.1) is 0 Å². The van der Waals surface area contributed by atoms with Crippen molar-refractivity contribution in [1.82, 2.24) is 5.32 Å². The lowest BCUT2D eigenvalue weighted by Gasteiger charge is -2.12. The van der Waals surface area contributed by atoms with Crippen molar-refractivity contribution in [1.29, 1.82) is 0 Å².